The molecule has 0 aromatic heterocycles. The van der Waals surface area contributed by atoms with Gasteiger partial charge in [-0.15, -0.1) is 0 Å². The number of amides is 1. The maximum absolute atomic E-state index is 12.1. The number of rotatable bonds is 9. The molecule has 4 N–H and O–H groups in total. The molecule has 0 saturated heterocycles. The Balaban J connectivity index is 0.00000281. The van der Waals surface area contributed by atoms with Crippen LogP contribution in [0.1, 0.15) is 31.9 Å². The number of ether oxygens (including phenoxy) is 2. The topological polar surface area (TPSA) is 153 Å². The Morgan fingerprint density at radius 1 is 0.794 bits per heavy atom. The highest BCUT2D eigenvalue weighted by molar-refractivity contribution is 5.96. The van der Waals surface area contributed by atoms with Crippen molar-refractivity contribution in [3.8, 4) is 11.5 Å². The average molecular weight is 469 g/mol. The molecule has 2 unspecified atom stereocenters. The lowest BCUT2D eigenvalue weighted by atomic mass is 10.1. The predicted molar refractivity (Wildman–Crippen MR) is 125 cm³/mol. The van der Waals surface area contributed by atoms with Crippen LogP contribution < -0.4 is 5.73 Å². The number of Topliss-reactive ketones (excluding diaryl/α,β-unsaturated/α-hetero) is 1. The van der Waals surface area contributed by atoms with E-state index in [0.29, 0.717) is 11.1 Å². The van der Waals surface area contributed by atoms with Gasteiger partial charge in [0, 0.05) is 12.2 Å². The monoisotopic (exact) mass is 469 g/mol. The first-order chi connectivity index (χ1) is 16.2. The third-order valence-corrected chi connectivity index (χ3v) is 4.07. The molecule has 0 aliphatic rings. The summed E-state index contributed by atoms with van der Waals surface area (Å²) in [5.74, 6) is -4.67. The number of carbonyl (C=O) groups is 4. The van der Waals surface area contributed by atoms with Crippen molar-refractivity contribution in [1.29, 1.82) is 0 Å². The normalized spacial score (nSPS) is 12.3. The first kappa shape index (κ1) is 27.6. The van der Waals surface area contributed by atoms with Crippen LogP contribution in [0.3, 0.4) is 0 Å². The van der Waals surface area contributed by atoms with Gasteiger partial charge in [-0.05, 0) is 42.3 Å². The summed E-state index contributed by atoms with van der Waals surface area (Å²) in [6, 6.07) is 12.6. The lowest BCUT2D eigenvalue weighted by Gasteiger charge is -2.21. The van der Waals surface area contributed by atoms with Crippen molar-refractivity contribution in [2.75, 3.05) is 0 Å². The molecule has 2 aromatic rings. The Bertz CT molecular complexity index is 1060. The van der Waals surface area contributed by atoms with E-state index in [1.165, 1.54) is 30.4 Å². The Labute approximate surface area is 197 Å². The third-order valence-electron chi connectivity index (χ3n) is 4.07. The number of hydrogen-bond donors (Lipinski definition) is 3. The van der Waals surface area contributed by atoms with Crippen molar-refractivity contribution in [2.45, 2.75) is 33.0 Å². The lowest BCUT2D eigenvalue weighted by Crippen LogP contribution is -2.47. The number of carbonyl (C=O) groups excluding carboxylic acids is 4. The van der Waals surface area contributed by atoms with Gasteiger partial charge in [0.2, 0.25) is 12.2 Å². The lowest BCUT2D eigenvalue weighted by molar-refractivity contribution is -0.169. The molecular weight excluding hydrogens is 442 g/mol. The van der Waals surface area contributed by atoms with E-state index in [-0.39, 0.29) is 5.75 Å². The zero-order valence-corrected chi connectivity index (χ0v) is 19.0. The molecule has 0 saturated carbocycles. The van der Waals surface area contributed by atoms with E-state index < -0.39 is 41.6 Å². The second kappa shape index (κ2) is 13.9. The van der Waals surface area contributed by atoms with Crippen LogP contribution in [0, 0.1) is 0 Å². The fraction of sp³-hybridized carbons (Fsp3) is 0.200. The molecule has 0 bridgehead atoms. The van der Waals surface area contributed by atoms with Crippen LogP contribution >= 0.6 is 0 Å². The summed E-state index contributed by atoms with van der Waals surface area (Å²) in [5.41, 5.74) is 6.29. The molecule has 2 rings (SSSR count). The molecule has 0 fully saturated rings. The zero-order chi connectivity index (χ0) is 25.7. The van der Waals surface area contributed by atoms with Crippen molar-refractivity contribution in [3.05, 3.63) is 71.8 Å². The van der Waals surface area contributed by atoms with E-state index in [4.69, 9.17) is 15.2 Å². The van der Waals surface area contributed by atoms with Crippen LogP contribution in [-0.4, -0.2) is 46.1 Å². The molecule has 0 spiro atoms. The predicted octanol–water partition coefficient (Wildman–Crippen LogP) is 2.75. The maximum atomic E-state index is 12.1. The molecule has 9 heteroatoms. The third kappa shape index (κ3) is 8.99. The summed E-state index contributed by atoms with van der Waals surface area (Å²) in [6.07, 6.45) is 1.05. The SMILES string of the molecule is CC.CC(=O)C(OC(=O)/C=C/c1ccc(O)c(O)c1)C(OC(=O)/C=C/c1ccccc1)C(N)=O. The Kier molecular flexibility index (Phi) is 11.3. The number of nitrogens with two attached hydrogens (primary N) is 1. The number of phenolic OH excluding ortho intramolecular Hbond substituents is 2. The van der Waals surface area contributed by atoms with Crippen molar-refractivity contribution in [1.82, 2.24) is 0 Å². The van der Waals surface area contributed by atoms with E-state index in [1.807, 2.05) is 13.8 Å². The number of primary amides is 1. The molecule has 0 radical (unpaired) electrons. The fourth-order valence-corrected chi connectivity index (χ4v) is 2.49. The van der Waals surface area contributed by atoms with Crippen LogP contribution in [0.5, 0.6) is 11.5 Å². The highest BCUT2D eigenvalue weighted by Gasteiger charge is 2.36. The molecule has 34 heavy (non-hydrogen) atoms. The largest absolute Gasteiger partial charge is 0.504 e. The molecule has 0 aliphatic heterocycles. The van der Waals surface area contributed by atoms with Gasteiger partial charge in [-0.25, -0.2) is 9.59 Å². The van der Waals surface area contributed by atoms with E-state index in [2.05, 4.69) is 0 Å². The maximum Gasteiger partial charge on any atom is 0.331 e. The zero-order valence-electron chi connectivity index (χ0n) is 19.0. The van der Waals surface area contributed by atoms with Crippen LogP contribution in [0.2, 0.25) is 0 Å². The molecule has 0 aliphatic carbocycles. The molecule has 2 aromatic carbocycles. The Morgan fingerprint density at radius 3 is 1.82 bits per heavy atom. The van der Waals surface area contributed by atoms with Crippen LogP contribution in [0.4, 0.5) is 0 Å². The number of phenols is 2. The highest BCUT2D eigenvalue weighted by Crippen LogP contribution is 2.25. The van der Waals surface area contributed by atoms with Gasteiger partial charge in [-0.3, -0.25) is 9.59 Å². The summed E-state index contributed by atoms with van der Waals surface area (Å²) in [6.45, 7) is 5.04. The van der Waals surface area contributed by atoms with Crippen molar-refractivity contribution >= 4 is 35.8 Å². The van der Waals surface area contributed by atoms with E-state index in [9.17, 15) is 29.4 Å². The van der Waals surface area contributed by atoms with Gasteiger partial charge < -0.3 is 25.4 Å². The fourth-order valence-electron chi connectivity index (χ4n) is 2.49. The molecule has 1 amide bonds. The number of hydrogen-bond acceptors (Lipinski definition) is 8. The van der Waals surface area contributed by atoms with Gasteiger partial charge in [-0.2, -0.15) is 0 Å². The molecule has 2 atom stereocenters. The van der Waals surface area contributed by atoms with Gasteiger partial charge in [0.1, 0.15) is 0 Å². The standard InChI is InChI=1S/C23H21NO8.C2H6/c1-14(25)21(31-19(28)12-9-16-7-10-17(26)18(27)13-16)22(23(24)30)32-20(29)11-8-15-5-3-2-4-6-15;1-2/h2-13,21-22,26-27H,1H3,(H2,24,30);1-2H3/b11-8+,12-9+;. The number of esters is 2. The number of benzene rings is 2. The van der Waals surface area contributed by atoms with E-state index >= 15 is 0 Å². The average Bonchev–Trinajstić information content (AvgIpc) is 2.82. The minimum Gasteiger partial charge on any atom is -0.504 e. The summed E-state index contributed by atoms with van der Waals surface area (Å²) in [5, 5.41) is 18.8. The Hall–Kier alpha value is -4.40. The molecule has 0 heterocycles. The second-order valence-corrected chi connectivity index (χ2v) is 6.55. The summed E-state index contributed by atoms with van der Waals surface area (Å²) >= 11 is 0. The minimum absolute atomic E-state index is 0.339. The number of ketones is 1. The van der Waals surface area contributed by atoms with E-state index in [0.717, 1.165) is 19.1 Å². The van der Waals surface area contributed by atoms with Gasteiger partial charge in [0.25, 0.3) is 5.91 Å². The van der Waals surface area contributed by atoms with Gasteiger partial charge in [0.15, 0.2) is 17.3 Å². The van der Waals surface area contributed by atoms with E-state index in [1.54, 1.807) is 30.3 Å². The van der Waals surface area contributed by atoms with Crippen LogP contribution in [0.15, 0.2) is 60.7 Å². The number of aromatic hydroxyl groups is 2. The van der Waals surface area contributed by atoms with Crippen LogP contribution in [-0.2, 0) is 28.7 Å². The quantitative estimate of drug-likeness (QED) is 0.288. The first-order valence-electron chi connectivity index (χ1n) is 10.3. The first-order valence-corrected chi connectivity index (χ1v) is 10.3. The minimum atomic E-state index is -1.84. The molecular formula is C25H27NO8. The summed E-state index contributed by atoms with van der Waals surface area (Å²) < 4.78 is 9.95. The van der Waals surface area contributed by atoms with Gasteiger partial charge in [0.05, 0.1) is 0 Å². The molecule has 9 nitrogen and oxygen atoms in total. The van der Waals surface area contributed by atoms with Gasteiger partial charge in [-0.1, -0.05) is 50.2 Å². The highest BCUT2D eigenvalue weighted by atomic mass is 16.6. The van der Waals surface area contributed by atoms with Crippen molar-refractivity contribution in [2.24, 2.45) is 5.73 Å². The van der Waals surface area contributed by atoms with Gasteiger partial charge >= 0.3 is 11.9 Å². The smallest absolute Gasteiger partial charge is 0.331 e. The van der Waals surface area contributed by atoms with Crippen molar-refractivity contribution in [3.63, 3.8) is 0 Å². The Morgan fingerprint density at radius 2 is 1.32 bits per heavy atom. The van der Waals surface area contributed by atoms with Crippen molar-refractivity contribution < 1.29 is 38.9 Å². The second-order valence-electron chi connectivity index (χ2n) is 6.55. The molecule has 180 valence electrons. The van der Waals surface area contributed by atoms with Crippen LogP contribution in [0.25, 0.3) is 12.2 Å². The summed E-state index contributed by atoms with van der Waals surface area (Å²) in [7, 11) is 0. The summed E-state index contributed by atoms with van der Waals surface area (Å²) in [4.78, 5) is 48.0.